The molecule has 0 unspecified atom stereocenters. The Kier molecular flexibility index (Phi) is 3.81. The number of nitrogens with zero attached hydrogens (tertiary/aromatic N) is 3. The molecule has 4 fully saturated rings. The molecule has 5 rings (SSSR count). The number of rotatable bonds is 6. The highest BCUT2D eigenvalue weighted by atomic mass is 16.4. The lowest BCUT2D eigenvalue weighted by Crippen LogP contribution is -2.47. The van der Waals surface area contributed by atoms with Crippen molar-refractivity contribution in [1.82, 2.24) is 20.3 Å². The molecule has 4 aliphatic rings. The van der Waals surface area contributed by atoms with E-state index in [-0.39, 0.29) is 18.1 Å². The molecule has 4 aliphatic carbocycles. The average molecular weight is 332 g/mol. The number of hydrogen-bond donors (Lipinski definition) is 2. The molecule has 0 atom stereocenters. The normalized spacial score (nSPS) is 33.6. The fourth-order valence-corrected chi connectivity index (χ4v) is 5.74. The van der Waals surface area contributed by atoms with E-state index >= 15 is 0 Å². The third kappa shape index (κ3) is 3.03. The second-order valence-electron chi connectivity index (χ2n) is 8.12. The maximum Gasteiger partial charge on any atom is 0.358 e. The number of carboxylic acids is 1. The van der Waals surface area contributed by atoms with Gasteiger partial charge in [-0.1, -0.05) is 5.21 Å². The molecule has 0 saturated heterocycles. The average Bonchev–Trinajstić information content (AvgIpc) is 2.94. The van der Waals surface area contributed by atoms with Gasteiger partial charge in [-0.25, -0.2) is 9.48 Å². The minimum absolute atomic E-state index is 0.0150. The largest absolute Gasteiger partial charge is 0.476 e. The first-order chi connectivity index (χ1) is 11.5. The summed E-state index contributed by atoms with van der Waals surface area (Å²) >= 11 is 0. The molecule has 2 N–H and O–H groups in total. The lowest BCUT2D eigenvalue weighted by Gasteiger charge is -2.57. The quantitative estimate of drug-likeness (QED) is 0.826. The zero-order valence-corrected chi connectivity index (χ0v) is 13.8. The molecule has 1 amide bonds. The van der Waals surface area contributed by atoms with Gasteiger partial charge in [0.25, 0.3) is 0 Å². The lowest BCUT2D eigenvalue weighted by atomic mass is 9.49. The minimum atomic E-state index is -1.14. The van der Waals surface area contributed by atoms with Gasteiger partial charge in [0.1, 0.15) is 6.54 Å². The fraction of sp³-hybridized carbons (Fsp3) is 0.765. The standard InChI is InChI=1S/C17H24N4O3/c22-15(10-21-9-14(16(23)24)19-20-21)18-2-1-17-6-11-3-12(7-17)5-13(4-11)8-17/h9,11-13H,1-8,10H2,(H,18,22)(H,23,24). The van der Waals surface area contributed by atoms with Crippen molar-refractivity contribution in [2.24, 2.45) is 23.2 Å². The van der Waals surface area contributed by atoms with Crippen LogP contribution in [0.4, 0.5) is 0 Å². The van der Waals surface area contributed by atoms with Gasteiger partial charge in [-0.3, -0.25) is 4.79 Å². The predicted molar refractivity (Wildman–Crippen MR) is 85.2 cm³/mol. The molecular weight excluding hydrogens is 308 g/mol. The third-order valence-electron chi connectivity index (χ3n) is 6.21. The Balaban J connectivity index is 1.26. The summed E-state index contributed by atoms with van der Waals surface area (Å²) in [4.78, 5) is 22.8. The first-order valence-corrected chi connectivity index (χ1v) is 8.91. The molecule has 0 aromatic carbocycles. The van der Waals surface area contributed by atoms with Crippen molar-refractivity contribution in [1.29, 1.82) is 0 Å². The van der Waals surface area contributed by atoms with Gasteiger partial charge in [-0.2, -0.15) is 0 Å². The second kappa shape index (κ2) is 5.86. The fourth-order valence-electron chi connectivity index (χ4n) is 5.74. The molecule has 1 heterocycles. The van der Waals surface area contributed by atoms with Crippen LogP contribution in [0.25, 0.3) is 0 Å². The third-order valence-corrected chi connectivity index (χ3v) is 6.21. The van der Waals surface area contributed by atoms with Crippen molar-refractivity contribution in [2.45, 2.75) is 51.5 Å². The topological polar surface area (TPSA) is 97.1 Å². The number of carbonyl (C=O) groups is 2. The van der Waals surface area contributed by atoms with Crippen molar-refractivity contribution in [2.75, 3.05) is 6.54 Å². The van der Waals surface area contributed by atoms with Crippen molar-refractivity contribution in [3.05, 3.63) is 11.9 Å². The number of aromatic nitrogens is 3. The summed E-state index contributed by atoms with van der Waals surface area (Å²) in [5.74, 6) is 1.51. The molecule has 4 saturated carbocycles. The first kappa shape index (κ1) is 15.6. The van der Waals surface area contributed by atoms with Gasteiger partial charge in [0.05, 0.1) is 6.20 Å². The van der Waals surface area contributed by atoms with Crippen molar-refractivity contribution < 1.29 is 14.7 Å². The van der Waals surface area contributed by atoms with E-state index in [2.05, 4.69) is 15.6 Å². The second-order valence-corrected chi connectivity index (χ2v) is 8.12. The number of carboxylic acid groups (broad SMARTS) is 1. The summed E-state index contributed by atoms with van der Waals surface area (Å²) in [5, 5.41) is 19.0. The molecule has 130 valence electrons. The number of amides is 1. The molecule has 0 aliphatic heterocycles. The van der Waals surface area contributed by atoms with Crippen LogP contribution in [0.2, 0.25) is 0 Å². The van der Waals surface area contributed by atoms with E-state index in [0.717, 1.165) is 24.2 Å². The first-order valence-electron chi connectivity index (χ1n) is 8.91. The Labute approximate surface area is 140 Å². The lowest BCUT2D eigenvalue weighted by molar-refractivity contribution is -0.122. The maximum absolute atomic E-state index is 12.0. The summed E-state index contributed by atoms with van der Waals surface area (Å²) in [6, 6.07) is 0. The van der Waals surface area contributed by atoms with E-state index in [0.29, 0.717) is 12.0 Å². The van der Waals surface area contributed by atoms with Gasteiger partial charge in [0.2, 0.25) is 5.91 Å². The van der Waals surface area contributed by atoms with E-state index < -0.39 is 5.97 Å². The van der Waals surface area contributed by atoms with Crippen LogP contribution in [0.3, 0.4) is 0 Å². The Morgan fingerprint density at radius 3 is 2.38 bits per heavy atom. The van der Waals surface area contributed by atoms with Gasteiger partial charge < -0.3 is 10.4 Å². The van der Waals surface area contributed by atoms with Crippen LogP contribution in [-0.4, -0.2) is 38.5 Å². The predicted octanol–water partition coefficient (Wildman–Crippen LogP) is 1.70. The molecule has 24 heavy (non-hydrogen) atoms. The van der Waals surface area contributed by atoms with Crippen LogP contribution >= 0.6 is 0 Å². The summed E-state index contributed by atoms with van der Waals surface area (Å²) in [7, 11) is 0. The van der Waals surface area contributed by atoms with Crippen LogP contribution in [-0.2, 0) is 11.3 Å². The van der Waals surface area contributed by atoms with E-state index in [9.17, 15) is 9.59 Å². The van der Waals surface area contributed by atoms with E-state index in [1.54, 1.807) is 0 Å². The van der Waals surface area contributed by atoms with Crippen LogP contribution < -0.4 is 5.32 Å². The highest BCUT2D eigenvalue weighted by Gasteiger charge is 2.50. The molecule has 0 radical (unpaired) electrons. The Bertz CT molecular complexity index is 619. The molecule has 7 heteroatoms. The van der Waals surface area contributed by atoms with Gasteiger partial charge in [-0.05, 0) is 68.1 Å². The number of nitrogens with one attached hydrogen (secondary N) is 1. The molecule has 1 aromatic rings. The Morgan fingerprint density at radius 1 is 1.21 bits per heavy atom. The summed E-state index contributed by atoms with van der Waals surface area (Å²) in [6.07, 6.45) is 10.7. The SMILES string of the molecule is O=C(Cn1cc(C(=O)O)nn1)NCCC12CC3CC(CC(C3)C1)C2. The van der Waals surface area contributed by atoms with Crippen LogP contribution in [0, 0.1) is 23.2 Å². The van der Waals surface area contributed by atoms with Gasteiger partial charge in [0, 0.05) is 6.54 Å². The number of carbonyl (C=O) groups excluding carboxylic acids is 1. The van der Waals surface area contributed by atoms with Gasteiger partial charge in [-0.15, -0.1) is 5.10 Å². The molecule has 4 bridgehead atoms. The Morgan fingerprint density at radius 2 is 1.83 bits per heavy atom. The van der Waals surface area contributed by atoms with Crippen LogP contribution in [0.5, 0.6) is 0 Å². The monoisotopic (exact) mass is 332 g/mol. The molecule has 0 spiro atoms. The Hall–Kier alpha value is -1.92. The van der Waals surface area contributed by atoms with Crippen molar-refractivity contribution in [3.8, 4) is 0 Å². The summed E-state index contributed by atoms with van der Waals surface area (Å²) in [6.45, 7) is 0.715. The highest BCUT2D eigenvalue weighted by Crippen LogP contribution is 2.61. The zero-order chi connectivity index (χ0) is 16.7. The van der Waals surface area contributed by atoms with Gasteiger partial charge in [0.15, 0.2) is 5.69 Å². The van der Waals surface area contributed by atoms with E-state index in [4.69, 9.17) is 5.11 Å². The zero-order valence-electron chi connectivity index (χ0n) is 13.8. The number of aromatic carboxylic acids is 1. The van der Waals surface area contributed by atoms with E-state index in [1.165, 1.54) is 49.4 Å². The van der Waals surface area contributed by atoms with Crippen LogP contribution in [0.15, 0.2) is 6.20 Å². The summed E-state index contributed by atoms with van der Waals surface area (Å²) in [5.41, 5.74) is 0.322. The minimum Gasteiger partial charge on any atom is -0.476 e. The van der Waals surface area contributed by atoms with Crippen molar-refractivity contribution in [3.63, 3.8) is 0 Å². The highest BCUT2D eigenvalue weighted by molar-refractivity contribution is 5.84. The van der Waals surface area contributed by atoms with Crippen LogP contribution in [0.1, 0.15) is 55.4 Å². The van der Waals surface area contributed by atoms with Gasteiger partial charge >= 0.3 is 5.97 Å². The molecule has 1 aromatic heterocycles. The smallest absolute Gasteiger partial charge is 0.358 e. The van der Waals surface area contributed by atoms with Crippen molar-refractivity contribution >= 4 is 11.9 Å². The summed E-state index contributed by atoms with van der Waals surface area (Å²) < 4.78 is 1.27. The molecular formula is C17H24N4O3. The molecule has 7 nitrogen and oxygen atoms in total. The van der Waals surface area contributed by atoms with E-state index in [1.807, 2.05) is 0 Å². The number of hydrogen-bond acceptors (Lipinski definition) is 4. The maximum atomic E-state index is 12.0.